The van der Waals surface area contributed by atoms with Crippen molar-refractivity contribution in [1.29, 1.82) is 0 Å². The van der Waals surface area contributed by atoms with Crippen LogP contribution in [0.4, 0.5) is 0 Å². The van der Waals surface area contributed by atoms with Gasteiger partial charge in [0.05, 0.1) is 0 Å². The Bertz CT molecular complexity index is 538. The normalized spacial score (nSPS) is 12.5. The van der Waals surface area contributed by atoms with Gasteiger partial charge in [0.15, 0.2) is 0 Å². The molecule has 0 aromatic heterocycles. The molecule has 2 heteroatoms. The van der Waals surface area contributed by atoms with Crippen LogP contribution in [0, 0.1) is 0 Å². The van der Waals surface area contributed by atoms with E-state index in [1.807, 2.05) is 0 Å². The first-order valence-electron chi connectivity index (χ1n) is 6.56. The van der Waals surface area contributed by atoms with Gasteiger partial charge in [0.25, 0.3) is 0 Å². The fourth-order valence-electron chi connectivity index (χ4n) is 1.78. The molecule has 0 heterocycles. The van der Waals surface area contributed by atoms with Crippen LogP contribution in [0.25, 0.3) is 4.47 Å². The van der Waals surface area contributed by atoms with E-state index in [1.54, 1.807) is 4.47 Å². The molecule has 0 nitrogen and oxygen atoms in total. The second kappa shape index (κ2) is 6.61. The molecule has 0 spiro atoms. The molecule has 0 radical (unpaired) electrons. The van der Waals surface area contributed by atoms with Gasteiger partial charge in [0.2, 0.25) is 0 Å². The van der Waals surface area contributed by atoms with Crippen molar-refractivity contribution < 1.29 is 0 Å². The molecule has 2 aromatic carbocycles. The zero-order chi connectivity index (χ0) is 13.7. The molecule has 0 aliphatic carbocycles. The van der Waals surface area contributed by atoms with E-state index >= 15 is 0 Å². The molecule has 0 amide bonds. The molecule has 0 aliphatic heterocycles. The van der Waals surface area contributed by atoms with Gasteiger partial charge in [-0.25, -0.2) is 0 Å². The standard InChI is InChI=1S/C17H20GeSe/c1-18(2,3)14-17(15-10-6-4-7-11-15)19-16-12-8-5-9-13-16/h4-14H,1-3H3/b17-14-. The Morgan fingerprint density at radius 1 is 0.842 bits per heavy atom. The van der Waals surface area contributed by atoms with Gasteiger partial charge in [-0.2, -0.15) is 0 Å². The van der Waals surface area contributed by atoms with Crippen molar-refractivity contribution in [3.8, 4) is 0 Å². The molecular formula is C17H20GeSe. The number of rotatable bonds is 4. The van der Waals surface area contributed by atoms with Crippen molar-refractivity contribution in [1.82, 2.24) is 0 Å². The summed E-state index contributed by atoms with van der Waals surface area (Å²) in [6, 6.07) is 21.7. The van der Waals surface area contributed by atoms with Crippen molar-refractivity contribution in [3.63, 3.8) is 0 Å². The molecule has 2 aromatic rings. The minimum absolute atomic E-state index is 0.404. The van der Waals surface area contributed by atoms with E-state index in [2.05, 4.69) is 82.8 Å². The summed E-state index contributed by atoms with van der Waals surface area (Å²) in [6.45, 7) is 0. The first-order valence-corrected chi connectivity index (χ1v) is 15.8. The Kier molecular flexibility index (Phi) is 5.09. The van der Waals surface area contributed by atoms with Crippen LogP contribution in [-0.4, -0.2) is 28.2 Å². The fraction of sp³-hybridized carbons (Fsp3) is 0.176. The maximum absolute atomic E-state index is 2.60. The first kappa shape index (κ1) is 14.6. The number of hydrogen-bond donors (Lipinski definition) is 0. The Morgan fingerprint density at radius 2 is 1.37 bits per heavy atom. The molecule has 0 aliphatic rings. The quantitative estimate of drug-likeness (QED) is 0.710. The summed E-state index contributed by atoms with van der Waals surface area (Å²) in [7, 11) is 0. The molecule has 0 bridgehead atoms. The summed E-state index contributed by atoms with van der Waals surface area (Å²) >= 11 is -1.29. The fourth-order valence-corrected chi connectivity index (χ4v) is 10.1. The van der Waals surface area contributed by atoms with Crippen LogP contribution in [-0.2, 0) is 0 Å². The summed E-state index contributed by atoms with van der Waals surface area (Å²) < 4.78 is 3.00. The van der Waals surface area contributed by atoms with E-state index in [0.717, 1.165) is 0 Å². The van der Waals surface area contributed by atoms with E-state index < -0.39 is 13.3 Å². The third kappa shape index (κ3) is 5.02. The predicted octanol–water partition coefficient (Wildman–Crippen LogP) is 3.93. The van der Waals surface area contributed by atoms with Gasteiger partial charge in [-0.1, -0.05) is 0 Å². The summed E-state index contributed by atoms with van der Waals surface area (Å²) in [6.07, 6.45) is 0. The average molecular weight is 376 g/mol. The van der Waals surface area contributed by atoms with Gasteiger partial charge in [0.1, 0.15) is 0 Å². The van der Waals surface area contributed by atoms with Crippen LogP contribution in [0.15, 0.2) is 65.6 Å². The van der Waals surface area contributed by atoms with Gasteiger partial charge in [0, 0.05) is 0 Å². The topological polar surface area (TPSA) is 0 Å². The van der Waals surface area contributed by atoms with Crippen LogP contribution < -0.4 is 4.46 Å². The number of hydrogen-bond acceptors (Lipinski definition) is 0. The Labute approximate surface area is 125 Å². The third-order valence-corrected chi connectivity index (χ3v) is 8.27. The average Bonchev–Trinajstić information content (AvgIpc) is 2.39. The molecule has 2 rings (SSSR count). The van der Waals surface area contributed by atoms with Crippen LogP contribution in [0.2, 0.25) is 17.3 Å². The van der Waals surface area contributed by atoms with Gasteiger partial charge < -0.3 is 0 Å². The second-order valence-electron chi connectivity index (χ2n) is 5.66. The third-order valence-electron chi connectivity index (χ3n) is 2.59. The first-order chi connectivity index (χ1) is 9.04. The zero-order valence-corrected chi connectivity index (χ0v) is 15.6. The Morgan fingerprint density at radius 3 is 1.89 bits per heavy atom. The maximum atomic E-state index is 2.60. The van der Waals surface area contributed by atoms with Gasteiger partial charge in [-0.15, -0.1) is 0 Å². The van der Waals surface area contributed by atoms with Crippen molar-refractivity contribution in [2.24, 2.45) is 0 Å². The monoisotopic (exact) mass is 378 g/mol. The summed E-state index contributed by atoms with van der Waals surface area (Å²) in [4.78, 5) is 2.60. The van der Waals surface area contributed by atoms with Crippen molar-refractivity contribution in [2.45, 2.75) is 17.3 Å². The molecule has 0 unspecified atom stereocenters. The molecule has 19 heavy (non-hydrogen) atoms. The summed E-state index contributed by atoms with van der Waals surface area (Å²) in [5, 5.41) is 0. The zero-order valence-electron chi connectivity index (χ0n) is 11.8. The van der Waals surface area contributed by atoms with E-state index in [9.17, 15) is 0 Å². The van der Waals surface area contributed by atoms with E-state index in [4.69, 9.17) is 0 Å². The van der Waals surface area contributed by atoms with Gasteiger partial charge >= 0.3 is 126 Å². The second-order valence-corrected chi connectivity index (χ2v) is 18.5. The molecule has 98 valence electrons. The van der Waals surface area contributed by atoms with Crippen LogP contribution in [0.3, 0.4) is 0 Å². The summed E-state index contributed by atoms with van der Waals surface area (Å²) in [5.41, 5.74) is 1.40. The molecule has 0 saturated heterocycles. The molecule has 0 saturated carbocycles. The van der Waals surface area contributed by atoms with Crippen molar-refractivity contribution in [2.75, 3.05) is 0 Å². The van der Waals surface area contributed by atoms with Crippen LogP contribution >= 0.6 is 0 Å². The van der Waals surface area contributed by atoms with E-state index in [0.29, 0.717) is 15.0 Å². The van der Waals surface area contributed by atoms with Crippen molar-refractivity contribution >= 4 is 37.2 Å². The van der Waals surface area contributed by atoms with Crippen LogP contribution in [0.1, 0.15) is 5.56 Å². The van der Waals surface area contributed by atoms with Crippen molar-refractivity contribution in [3.05, 3.63) is 71.1 Å². The molecular weight excluding hydrogens is 356 g/mol. The van der Waals surface area contributed by atoms with E-state index in [1.165, 1.54) is 10.0 Å². The molecule has 0 atom stereocenters. The van der Waals surface area contributed by atoms with Gasteiger partial charge in [-0.3, -0.25) is 0 Å². The SMILES string of the molecule is [CH3][Ge]([CH3])([CH3])/[CH]=C(\[Se]c1ccccc1)c1ccccc1. The Hall–Kier alpha value is -0.758. The van der Waals surface area contributed by atoms with Gasteiger partial charge in [-0.05, 0) is 0 Å². The minimum atomic E-state index is -1.70. The molecule has 0 N–H and O–H groups in total. The van der Waals surface area contributed by atoms with E-state index in [-0.39, 0.29) is 0 Å². The summed E-state index contributed by atoms with van der Waals surface area (Å²) in [5.74, 6) is 7.35. The molecule has 0 fully saturated rings. The van der Waals surface area contributed by atoms with Crippen LogP contribution in [0.5, 0.6) is 0 Å². The number of benzene rings is 2. The predicted molar refractivity (Wildman–Crippen MR) is 89.6 cm³/mol. The Balaban J connectivity index is 2.34.